The lowest BCUT2D eigenvalue weighted by atomic mass is 9.79. The molecule has 174 valence electrons. The molecule has 5 nitrogen and oxygen atoms in total. The standard InChI is InChI=1S/C27H24O5S2/c1-27(20-28,25-18-10-12-21-11-8-9-17-24(21)25)19-26(33(29,30)22-13-4-2-5-14-22)34(31,32)23-15-6-3-7-16-23/h2-18,20,26H,19H2,1H3/t27-/m0/s1. The van der Waals surface area contributed by atoms with Gasteiger partial charge in [-0.1, -0.05) is 78.9 Å². The van der Waals surface area contributed by atoms with Crippen LogP contribution in [0, 0.1) is 0 Å². The summed E-state index contributed by atoms with van der Waals surface area (Å²) in [5, 5.41) is 1.65. The van der Waals surface area contributed by atoms with E-state index < -0.39 is 36.1 Å². The normalized spacial score (nSPS) is 14.1. The van der Waals surface area contributed by atoms with Crippen molar-refractivity contribution in [2.24, 2.45) is 0 Å². The van der Waals surface area contributed by atoms with Crippen LogP contribution in [0.4, 0.5) is 0 Å². The molecule has 0 fully saturated rings. The van der Waals surface area contributed by atoms with Crippen molar-refractivity contribution in [2.75, 3.05) is 0 Å². The molecule has 4 rings (SSSR count). The van der Waals surface area contributed by atoms with Gasteiger partial charge in [-0.15, -0.1) is 0 Å². The van der Waals surface area contributed by atoms with Gasteiger partial charge in [-0.25, -0.2) is 16.8 Å². The van der Waals surface area contributed by atoms with Crippen LogP contribution in [0.2, 0.25) is 0 Å². The lowest BCUT2D eigenvalue weighted by molar-refractivity contribution is -0.112. The van der Waals surface area contributed by atoms with Gasteiger partial charge in [0.1, 0.15) is 6.29 Å². The van der Waals surface area contributed by atoms with E-state index in [1.807, 2.05) is 30.3 Å². The molecule has 34 heavy (non-hydrogen) atoms. The molecule has 7 heteroatoms. The van der Waals surface area contributed by atoms with Crippen LogP contribution in [-0.4, -0.2) is 27.7 Å². The molecule has 0 N–H and O–H groups in total. The Balaban J connectivity index is 1.93. The molecule has 0 radical (unpaired) electrons. The number of rotatable bonds is 8. The van der Waals surface area contributed by atoms with Crippen molar-refractivity contribution in [3.05, 3.63) is 109 Å². The zero-order valence-electron chi connectivity index (χ0n) is 18.5. The Hall–Kier alpha value is -3.29. The fraction of sp³-hybridized carbons (Fsp3) is 0.148. The molecule has 0 aliphatic rings. The van der Waals surface area contributed by atoms with E-state index in [4.69, 9.17) is 0 Å². The lowest BCUT2D eigenvalue weighted by Gasteiger charge is -2.30. The van der Waals surface area contributed by atoms with Crippen LogP contribution in [0.3, 0.4) is 0 Å². The van der Waals surface area contributed by atoms with Gasteiger partial charge in [-0.3, -0.25) is 0 Å². The Morgan fingerprint density at radius 2 is 1.15 bits per heavy atom. The van der Waals surface area contributed by atoms with Gasteiger partial charge >= 0.3 is 0 Å². The number of sulfone groups is 2. The molecule has 0 aromatic heterocycles. The average molecular weight is 493 g/mol. The van der Waals surface area contributed by atoms with E-state index >= 15 is 0 Å². The summed E-state index contributed by atoms with van der Waals surface area (Å²) in [4.78, 5) is 12.3. The number of hydrogen-bond donors (Lipinski definition) is 0. The van der Waals surface area contributed by atoms with E-state index in [2.05, 4.69) is 0 Å². The third-order valence-electron chi connectivity index (χ3n) is 6.09. The van der Waals surface area contributed by atoms with Crippen LogP contribution in [0.1, 0.15) is 18.9 Å². The van der Waals surface area contributed by atoms with Gasteiger partial charge < -0.3 is 4.79 Å². The van der Waals surface area contributed by atoms with Crippen molar-refractivity contribution >= 4 is 36.7 Å². The largest absolute Gasteiger partial charge is 0.302 e. The molecule has 4 aromatic carbocycles. The highest BCUT2D eigenvalue weighted by Gasteiger charge is 2.45. The fourth-order valence-corrected chi connectivity index (χ4v) is 9.01. The Morgan fingerprint density at radius 1 is 0.676 bits per heavy atom. The average Bonchev–Trinajstić information content (AvgIpc) is 2.87. The highest BCUT2D eigenvalue weighted by molar-refractivity contribution is 8.09. The summed E-state index contributed by atoms with van der Waals surface area (Å²) >= 11 is 0. The number of carbonyl (C=O) groups is 1. The Kier molecular flexibility index (Phi) is 6.43. The second-order valence-corrected chi connectivity index (χ2v) is 13.0. The van der Waals surface area contributed by atoms with E-state index in [0.717, 1.165) is 10.8 Å². The van der Waals surface area contributed by atoms with Crippen molar-refractivity contribution in [3.8, 4) is 0 Å². The molecule has 0 aliphatic heterocycles. The number of carbonyl (C=O) groups excluding carboxylic acids is 1. The third kappa shape index (κ3) is 4.29. The maximum atomic E-state index is 13.7. The molecule has 4 aromatic rings. The third-order valence-corrected chi connectivity index (χ3v) is 11.2. The maximum Gasteiger partial charge on any atom is 0.195 e. The maximum absolute atomic E-state index is 13.7. The second kappa shape index (κ2) is 9.16. The number of hydrogen-bond acceptors (Lipinski definition) is 5. The molecule has 0 amide bonds. The SMILES string of the molecule is C[C@@](C=O)(CC(S(=O)(=O)c1ccccc1)S(=O)(=O)c1ccccc1)c1cccc2ccccc12. The zero-order chi connectivity index (χ0) is 24.4. The van der Waals surface area contributed by atoms with Crippen molar-refractivity contribution in [1.82, 2.24) is 0 Å². The van der Waals surface area contributed by atoms with E-state index in [1.165, 1.54) is 24.3 Å². The molecule has 0 unspecified atom stereocenters. The van der Waals surface area contributed by atoms with Crippen LogP contribution >= 0.6 is 0 Å². The molecule has 0 heterocycles. The van der Waals surface area contributed by atoms with Crippen molar-refractivity contribution < 1.29 is 21.6 Å². The molecule has 0 saturated heterocycles. The van der Waals surface area contributed by atoms with Gasteiger partial charge in [-0.2, -0.15) is 0 Å². The molecular weight excluding hydrogens is 468 g/mol. The highest BCUT2D eigenvalue weighted by Crippen LogP contribution is 2.38. The smallest absolute Gasteiger partial charge is 0.195 e. The summed E-state index contributed by atoms with van der Waals surface area (Å²) in [6.45, 7) is 1.59. The van der Waals surface area contributed by atoms with E-state index in [0.29, 0.717) is 11.8 Å². The predicted molar refractivity (Wildman–Crippen MR) is 133 cm³/mol. The summed E-state index contributed by atoms with van der Waals surface area (Å²) in [5.74, 6) is 0. The monoisotopic (exact) mass is 492 g/mol. The molecule has 0 bridgehead atoms. The Labute approximate surface area is 199 Å². The van der Waals surface area contributed by atoms with Gasteiger partial charge in [0.25, 0.3) is 0 Å². The minimum absolute atomic E-state index is 0.106. The van der Waals surface area contributed by atoms with Crippen LogP contribution < -0.4 is 0 Å². The first-order valence-corrected chi connectivity index (χ1v) is 13.8. The lowest BCUT2D eigenvalue weighted by Crippen LogP contribution is -2.39. The first-order chi connectivity index (χ1) is 16.2. The van der Waals surface area contributed by atoms with Gasteiger partial charge in [0.05, 0.1) is 15.2 Å². The summed E-state index contributed by atoms with van der Waals surface area (Å²) in [6, 6.07) is 27.8. The first kappa shape index (κ1) is 23.9. The molecule has 0 aliphatic carbocycles. The number of benzene rings is 4. The van der Waals surface area contributed by atoms with Crippen molar-refractivity contribution in [1.29, 1.82) is 0 Å². The molecular formula is C27H24O5S2. The minimum atomic E-state index is -4.36. The van der Waals surface area contributed by atoms with Gasteiger partial charge in [-0.05, 0) is 53.9 Å². The van der Waals surface area contributed by atoms with Crippen LogP contribution in [-0.2, 0) is 29.9 Å². The summed E-state index contributed by atoms with van der Waals surface area (Å²) < 4.78 is 53.1. The van der Waals surface area contributed by atoms with Gasteiger partial charge in [0.15, 0.2) is 24.3 Å². The summed E-state index contributed by atoms with van der Waals surface area (Å²) in [6.07, 6.45) is 0.224. The highest BCUT2D eigenvalue weighted by atomic mass is 32.3. The quantitative estimate of drug-likeness (QED) is 0.325. The molecule has 0 saturated carbocycles. The zero-order valence-corrected chi connectivity index (χ0v) is 20.2. The topological polar surface area (TPSA) is 85.3 Å². The van der Waals surface area contributed by atoms with Gasteiger partial charge in [0.2, 0.25) is 0 Å². The first-order valence-electron chi connectivity index (χ1n) is 10.7. The van der Waals surface area contributed by atoms with E-state index in [-0.39, 0.29) is 9.79 Å². The number of aldehydes is 1. The van der Waals surface area contributed by atoms with Crippen LogP contribution in [0.5, 0.6) is 0 Å². The minimum Gasteiger partial charge on any atom is -0.302 e. The summed E-state index contributed by atoms with van der Waals surface area (Å²) in [7, 11) is -8.72. The molecule has 0 spiro atoms. The van der Waals surface area contributed by atoms with Crippen molar-refractivity contribution in [3.63, 3.8) is 0 Å². The number of fused-ring (bicyclic) bond motifs is 1. The van der Waals surface area contributed by atoms with Gasteiger partial charge in [0, 0.05) is 0 Å². The Bertz CT molecular complexity index is 1460. The van der Waals surface area contributed by atoms with Crippen LogP contribution in [0.15, 0.2) is 113 Å². The van der Waals surface area contributed by atoms with E-state index in [9.17, 15) is 21.6 Å². The Morgan fingerprint density at radius 3 is 1.68 bits per heavy atom. The molecule has 1 atom stereocenters. The fourth-order valence-electron chi connectivity index (χ4n) is 4.20. The second-order valence-electron chi connectivity index (χ2n) is 8.41. The van der Waals surface area contributed by atoms with Crippen molar-refractivity contribution in [2.45, 2.75) is 33.1 Å². The predicted octanol–water partition coefficient (Wildman–Crippen LogP) is 4.96. The van der Waals surface area contributed by atoms with E-state index in [1.54, 1.807) is 55.5 Å². The summed E-state index contributed by atoms with van der Waals surface area (Å²) in [5.41, 5.74) is -0.799. The van der Waals surface area contributed by atoms with Crippen LogP contribution in [0.25, 0.3) is 10.8 Å².